The Morgan fingerprint density at radius 3 is 2.13 bits per heavy atom. The van der Waals surface area contributed by atoms with Crippen LogP contribution in [0, 0.1) is 17.0 Å². The van der Waals surface area contributed by atoms with E-state index in [0.717, 1.165) is 0 Å². The summed E-state index contributed by atoms with van der Waals surface area (Å²) in [4.78, 5) is 33.9. The summed E-state index contributed by atoms with van der Waals surface area (Å²) in [6.45, 7) is 1.58. The molecular formula is C16H15N3O4. The molecule has 0 aliphatic carbocycles. The molecule has 0 unspecified atom stereocenters. The number of nitro benzene ring substituents is 1. The molecule has 2 aromatic carbocycles. The molecule has 0 atom stereocenters. The lowest BCUT2D eigenvalue weighted by Crippen LogP contribution is -2.18. The van der Waals surface area contributed by atoms with Gasteiger partial charge in [0.25, 0.3) is 17.5 Å². The first-order valence-corrected chi connectivity index (χ1v) is 6.81. The van der Waals surface area contributed by atoms with Crippen LogP contribution in [-0.4, -0.2) is 23.8 Å². The van der Waals surface area contributed by atoms with Gasteiger partial charge in [-0.3, -0.25) is 19.7 Å². The predicted octanol–water partition coefficient (Wildman–Crippen LogP) is 2.52. The summed E-state index contributed by atoms with van der Waals surface area (Å²) in [6, 6.07) is 10.6. The molecule has 0 bridgehead atoms. The molecule has 0 aromatic heterocycles. The highest BCUT2D eigenvalue weighted by molar-refractivity contribution is 6.04. The van der Waals surface area contributed by atoms with Crippen LogP contribution in [0.4, 0.5) is 11.4 Å². The van der Waals surface area contributed by atoms with Crippen molar-refractivity contribution in [3.63, 3.8) is 0 Å². The smallest absolute Gasteiger partial charge is 0.272 e. The van der Waals surface area contributed by atoms with E-state index in [1.54, 1.807) is 31.2 Å². The Hall–Kier alpha value is -3.22. The number of anilines is 1. The van der Waals surface area contributed by atoms with Crippen molar-refractivity contribution >= 4 is 23.2 Å². The van der Waals surface area contributed by atoms with Crippen molar-refractivity contribution in [1.29, 1.82) is 0 Å². The average Bonchev–Trinajstić information content (AvgIpc) is 2.54. The number of hydrogen-bond acceptors (Lipinski definition) is 4. The number of nitro groups is 1. The normalized spacial score (nSPS) is 10.0. The van der Waals surface area contributed by atoms with Crippen molar-refractivity contribution in [2.75, 3.05) is 12.4 Å². The maximum Gasteiger partial charge on any atom is 0.272 e. The third kappa shape index (κ3) is 3.70. The van der Waals surface area contributed by atoms with E-state index in [1.165, 1.54) is 25.2 Å². The number of rotatable bonds is 4. The van der Waals surface area contributed by atoms with Crippen LogP contribution in [-0.2, 0) is 0 Å². The summed E-state index contributed by atoms with van der Waals surface area (Å²) in [6.07, 6.45) is 0. The van der Waals surface area contributed by atoms with Crippen molar-refractivity contribution in [2.24, 2.45) is 0 Å². The van der Waals surface area contributed by atoms with Crippen molar-refractivity contribution in [3.05, 3.63) is 69.3 Å². The van der Waals surface area contributed by atoms with Gasteiger partial charge >= 0.3 is 0 Å². The Morgan fingerprint density at radius 1 is 1.00 bits per heavy atom. The highest BCUT2D eigenvalue weighted by atomic mass is 16.6. The van der Waals surface area contributed by atoms with Crippen LogP contribution in [0.2, 0.25) is 0 Å². The van der Waals surface area contributed by atoms with Gasteiger partial charge < -0.3 is 10.6 Å². The average molecular weight is 313 g/mol. The van der Waals surface area contributed by atoms with Crippen molar-refractivity contribution in [3.8, 4) is 0 Å². The molecule has 0 saturated carbocycles. The molecule has 2 amide bonds. The van der Waals surface area contributed by atoms with E-state index in [9.17, 15) is 19.7 Å². The second-order valence-electron chi connectivity index (χ2n) is 4.87. The zero-order valence-corrected chi connectivity index (χ0v) is 12.6. The van der Waals surface area contributed by atoms with Gasteiger partial charge in [-0.15, -0.1) is 0 Å². The highest BCUT2D eigenvalue weighted by Gasteiger charge is 2.14. The van der Waals surface area contributed by atoms with Crippen LogP contribution in [0.1, 0.15) is 26.3 Å². The first-order valence-electron chi connectivity index (χ1n) is 6.81. The summed E-state index contributed by atoms with van der Waals surface area (Å²) in [7, 11) is 1.54. The second-order valence-corrected chi connectivity index (χ2v) is 4.87. The largest absolute Gasteiger partial charge is 0.355 e. The highest BCUT2D eigenvalue weighted by Crippen LogP contribution is 2.19. The van der Waals surface area contributed by atoms with Gasteiger partial charge in [0.05, 0.1) is 4.92 Å². The lowest BCUT2D eigenvalue weighted by molar-refractivity contribution is -0.385. The number of amides is 2. The van der Waals surface area contributed by atoms with Gasteiger partial charge in [0, 0.05) is 35.5 Å². The molecule has 0 aliphatic heterocycles. The van der Waals surface area contributed by atoms with E-state index in [2.05, 4.69) is 10.6 Å². The third-order valence-electron chi connectivity index (χ3n) is 3.29. The lowest BCUT2D eigenvalue weighted by Gasteiger charge is -2.07. The Morgan fingerprint density at radius 2 is 1.61 bits per heavy atom. The van der Waals surface area contributed by atoms with Gasteiger partial charge in [0.2, 0.25) is 0 Å². The zero-order chi connectivity index (χ0) is 17.0. The Kier molecular flexibility index (Phi) is 4.70. The number of benzene rings is 2. The summed E-state index contributed by atoms with van der Waals surface area (Å²) in [5.41, 5.74) is 1.72. The molecule has 2 aromatic rings. The SMILES string of the molecule is CNC(=O)c1ccc(NC(=O)c2ccc([N+](=O)[O-])c(C)c2)cc1. The molecule has 2 rings (SSSR count). The molecular weight excluding hydrogens is 298 g/mol. The van der Waals surface area contributed by atoms with E-state index >= 15 is 0 Å². The Balaban J connectivity index is 2.14. The second kappa shape index (κ2) is 6.69. The third-order valence-corrected chi connectivity index (χ3v) is 3.29. The molecule has 118 valence electrons. The summed E-state index contributed by atoms with van der Waals surface area (Å²) < 4.78 is 0. The first kappa shape index (κ1) is 16.2. The van der Waals surface area contributed by atoms with Crippen LogP contribution < -0.4 is 10.6 Å². The molecule has 7 heteroatoms. The molecule has 2 N–H and O–H groups in total. The fourth-order valence-electron chi connectivity index (χ4n) is 2.05. The molecule has 0 spiro atoms. The number of nitrogens with one attached hydrogen (secondary N) is 2. The van der Waals surface area contributed by atoms with Crippen molar-refractivity contribution in [1.82, 2.24) is 5.32 Å². The minimum absolute atomic E-state index is 0.0310. The van der Waals surface area contributed by atoms with Crippen LogP contribution in [0.3, 0.4) is 0 Å². The van der Waals surface area contributed by atoms with E-state index < -0.39 is 4.92 Å². The van der Waals surface area contributed by atoms with Gasteiger partial charge in [-0.2, -0.15) is 0 Å². The maximum atomic E-state index is 12.2. The predicted molar refractivity (Wildman–Crippen MR) is 85.6 cm³/mol. The molecule has 7 nitrogen and oxygen atoms in total. The number of nitrogens with zero attached hydrogens (tertiary/aromatic N) is 1. The molecule has 0 aliphatic rings. The molecule has 23 heavy (non-hydrogen) atoms. The topological polar surface area (TPSA) is 101 Å². The quantitative estimate of drug-likeness (QED) is 0.669. The monoisotopic (exact) mass is 313 g/mol. The van der Waals surface area contributed by atoms with E-state index in [0.29, 0.717) is 22.4 Å². The van der Waals surface area contributed by atoms with Crippen molar-refractivity contribution < 1.29 is 14.5 Å². The van der Waals surface area contributed by atoms with E-state index in [-0.39, 0.29) is 17.5 Å². The first-order chi connectivity index (χ1) is 10.9. The van der Waals surface area contributed by atoms with Crippen LogP contribution in [0.15, 0.2) is 42.5 Å². The standard InChI is InChI=1S/C16H15N3O4/c1-10-9-12(5-8-14(10)19(22)23)16(21)18-13-6-3-11(4-7-13)15(20)17-2/h3-9H,1-2H3,(H,17,20)(H,18,21). The molecule has 0 radical (unpaired) electrons. The Bertz CT molecular complexity index is 769. The van der Waals surface area contributed by atoms with Crippen molar-refractivity contribution in [2.45, 2.75) is 6.92 Å². The number of hydrogen-bond donors (Lipinski definition) is 2. The van der Waals surface area contributed by atoms with Gasteiger partial charge in [-0.25, -0.2) is 0 Å². The van der Waals surface area contributed by atoms with Crippen LogP contribution in [0.25, 0.3) is 0 Å². The summed E-state index contributed by atoms with van der Waals surface area (Å²) >= 11 is 0. The Labute approximate surface area is 132 Å². The van der Waals surface area contributed by atoms with Gasteiger partial charge in [-0.1, -0.05) is 0 Å². The molecule has 0 saturated heterocycles. The number of aryl methyl sites for hydroxylation is 1. The van der Waals surface area contributed by atoms with E-state index in [4.69, 9.17) is 0 Å². The minimum atomic E-state index is -0.492. The minimum Gasteiger partial charge on any atom is -0.355 e. The fourth-order valence-corrected chi connectivity index (χ4v) is 2.05. The van der Waals surface area contributed by atoms with Crippen LogP contribution >= 0.6 is 0 Å². The summed E-state index contributed by atoms with van der Waals surface area (Å²) in [5, 5.41) is 16.0. The zero-order valence-electron chi connectivity index (χ0n) is 12.6. The van der Waals surface area contributed by atoms with Crippen LogP contribution in [0.5, 0.6) is 0 Å². The fraction of sp³-hybridized carbons (Fsp3) is 0.125. The van der Waals surface area contributed by atoms with Gasteiger partial charge in [0.15, 0.2) is 0 Å². The number of carbonyl (C=O) groups excluding carboxylic acids is 2. The van der Waals surface area contributed by atoms with E-state index in [1.807, 2.05) is 0 Å². The molecule has 0 fully saturated rings. The van der Waals surface area contributed by atoms with Gasteiger partial charge in [0.1, 0.15) is 0 Å². The summed E-state index contributed by atoms with van der Waals surface area (Å²) in [5.74, 6) is -0.593. The van der Waals surface area contributed by atoms with Gasteiger partial charge in [-0.05, 0) is 43.3 Å². The molecule has 0 heterocycles. The number of carbonyl (C=O) groups is 2. The lowest BCUT2D eigenvalue weighted by atomic mass is 10.1. The maximum absolute atomic E-state index is 12.2.